The molecule has 1 aromatic heterocycles. The number of benzene rings is 1. The van der Waals surface area contributed by atoms with Crippen LogP contribution in [0, 0.1) is 0 Å². The zero-order chi connectivity index (χ0) is 23.9. The number of aliphatic carboxylic acids is 2. The van der Waals surface area contributed by atoms with Gasteiger partial charge in [-0.15, -0.1) is 11.3 Å². The molecule has 32 heavy (non-hydrogen) atoms. The molecule has 0 unspecified atom stereocenters. The highest BCUT2D eigenvalue weighted by Crippen LogP contribution is 2.23. The number of sulfonamides is 1. The van der Waals surface area contributed by atoms with Gasteiger partial charge in [0.15, 0.2) is 0 Å². The fraction of sp³-hybridized carbons (Fsp3) is 0.400. The highest BCUT2D eigenvalue weighted by molar-refractivity contribution is 7.89. The Morgan fingerprint density at radius 2 is 1.56 bits per heavy atom. The molecule has 1 aromatic carbocycles. The van der Waals surface area contributed by atoms with Crippen molar-refractivity contribution in [3.63, 3.8) is 0 Å². The predicted molar refractivity (Wildman–Crippen MR) is 122 cm³/mol. The molecule has 0 spiro atoms. The van der Waals surface area contributed by atoms with Crippen LogP contribution in [-0.2, 0) is 32.7 Å². The van der Waals surface area contributed by atoms with E-state index < -0.39 is 22.0 Å². The second-order valence-electron chi connectivity index (χ2n) is 7.30. The fourth-order valence-electron chi connectivity index (χ4n) is 3.04. The van der Waals surface area contributed by atoms with E-state index in [0.29, 0.717) is 4.90 Å². The van der Waals surface area contributed by atoms with Gasteiger partial charge in [-0.25, -0.2) is 22.3 Å². The van der Waals surface area contributed by atoms with Gasteiger partial charge in [0.2, 0.25) is 10.0 Å². The molecule has 0 amide bonds. The van der Waals surface area contributed by atoms with Crippen LogP contribution in [-0.4, -0.2) is 84.9 Å². The summed E-state index contributed by atoms with van der Waals surface area (Å²) < 4.78 is 26.7. The molecule has 2 aromatic rings. The number of nitrogens with zero attached hydrogens (tertiary/aromatic N) is 3. The third-order valence-corrected chi connectivity index (χ3v) is 7.77. The average Bonchev–Trinajstić information content (AvgIpc) is 3.14. The van der Waals surface area contributed by atoms with Gasteiger partial charge in [-0.1, -0.05) is 23.7 Å². The lowest BCUT2D eigenvalue weighted by Gasteiger charge is -2.34. The largest absolute Gasteiger partial charge is 0.473 e. The third kappa shape index (κ3) is 7.84. The van der Waals surface area contributed by atoms with Gasteiger partial charge in [0.25, 0.3) is 0 Å². The number of thiophene rings is 1. The van der Waals surface area contributed by atoms with Crippen LogP contribution >= 0.6 is 22.9 Å². The number of carboxylic acid groups (broad SMARTS) is 2. The van der Waals surface area contributed by atoms with Gasteiger partial charge in [0.05, 0.1) is 9.23 Å². The quantitative estimate of drug-likeness (QED) is 0.575. The summed E-state index contributed by atoms with van der Waals surface area (Å²) in [7, 11) is -0.270. The first-order valence-corrected chi connectivity index (χ1v) is 12.3. The van der Waals surface area contributed by atoms with E-state index in [0.717, 1.165) is 49.2 Å². The molecule has 0 bridgehead atoms. The van der Waals surface area contributed by atoms with Crippen LogP contribution in [0.15, 0.2) is 41.3 Å². The Bertz CT molecular complexity index is 1020. The maximum absolute atomic E-state index is 12.3. The fourth-order valence-corrected chi connectivity index (χ4v) is 5.14. The minimum absolute atomic E-state index is 0.355. The second kappa shape index (κ2) is 11.7. The van der Waals surface area contributed by atoms with Crippen LogP contribution in [0.3, 0.4) is 0 Å². The lowest BCUT2D eigenvalue weighted by Crippen LogP contribution is -2.45. The van der Waals surface area contributed by atoms with Gasteiger partial charge in [-0.3, -0.25) is 9.80 Å². The summed E-state index contributed by atoms with van der Waals surface area (Å²) in [6, 6.07) is 11.3. The van der Waals surface area contributed by atoms with E-state index in [1.165, 1.54) is 9.18 Å². The van der Waals surface area contributed by atoms with E-state index in [9.17, 15) is 8.42 Å². The van der Waals surface area contributed by atoms with E-state index in [-0.39, 0.29) is 0 Å². The van der Waals surface area contributed by atoms with Crippen molar-refractivity contribution < 1.29 is 28.2 Å². The molecular weight excluding hydrogens is 478 g/mol. The molecule has 3 rings (SSSR count). The minimum atomic E-state index is -3.38. The Morgan fingerprint density at radius 1 is 1.00 bits per heavy atom. The maximum atomic E-state index is 12.3. The molecule has 176 valence electrons. The van der Waals surface area contributed by atoms with Crippen molar-refractivity contribution in [2.45, 2.75) is 18.0 Å². The number of carboxylic acids is 2. The van der Waals surface area contributed by atoms with Gasteiger partial charge in [-0.05, 0) is 29.8 Å². The molecule has 1 saturated heterocycles. The lowest BCUT2D eigenvalue weighted by atomic mass is 10.2. The third-order valence-electron chi connectivity index (χ3n) is 4.74. The molecule has 0 radical (unpaired) electrons. The molecule has 1 aliphatic rings. The predicted octanol–water partition coefficient (Wildman–Crippen LogP) is 2.13. The number of rotatable bonds is 6. The van der Waals surface area contributed by atoms with E-state index in [1.54, 1.807) is 37.6 Å². The molecule has 0 aliphatic carbocycles. The Balaban J connectivity index is 0.000000534. The van der Waals surface area contributed by atoms with Crippen molar-refractivity contribution in [2.75, 3.05) is 40.3 Å². The summed E-state index contributed by atoms with van der Waals surface area (Å²) in [5.41, 5.74) is 1.03. The van der Waals surface area contributed by atoms with Gasteiger partial charge in [-0.2, -0.15) is 0 Å². The zero-order valence-electron chi connectivity index (χ0n) is 17.8. The molecule has 12 heteroatoms. The van der Waals surface area contributed by atoms with Crippen LogP contribution in [0.2, 0.25) is 4.34 Å². The number of halogens is 1. The summed E-state index contributed by atoms with van der Waals surface area (Å²) in [6.07, 6.45) is 0. The first-order chi connectivity index (χ1) is 15.0. The summed E-state index contributed by atoms with van der Waals surface area (Å²) in [5.74, 6) is -3.65. The van der Waals surface area contributed by atoms with Crippen LogP contribution in [0.4, 0.5) is 0 Å². The molecule has 1 fully saturated rings. The van der Waals surface area contributed by atoms with Crippen molar-refractivity contribution in [2.24, 2.45) is 0 Å². The van der Waals surface area contributed by atoms with Crippen LogP contribution in [0.5, 0.6) is 0 Å². The second-order valence-corrected chi connectivity index (χ2v) is 11.3. The Labute approximate surface area is 196 Å². The molecule has 1 aliphatic heterocycles. The van der Waals surface area contributed by atoms with E-state index >= 15 is 0 Å². The first kappa shape index (κ1) is 26.2. The van der Waals surface area contributed by atoms with Gasteiger partial charge < -0.3 is 10.2 Å². The molecule has 2 heterocycles. The summed E-state index contributed by atoms with van der Waals surface area (Å²) in [5, 5.41) is 14.8. The standard InChI is InChI=1S/C18H24ClN3O2S2.C2H2O4/c1-20(2)26(23,24)17-5-3-4-15(12-17)13-21-8-10-22(11-9-21)14-16-6-7-18(19)25-16;3-1(4)2(5)6/h3-7,12H,8-11,13-14H2,1-2H3;(H,3,4)(H,5,6). The highest BCUT2D eigenvalue weighted by atomic mass is 35.5. The van der Waals surface area contributed by atoms with E-state index in [1.807, 2.05) is 18.2 Å². The summed E-state index contributed by atoms with van der Waals surface area (Å²) in [4.78, 5) is 24.7. The van der Waals surface area contributed by atoms with Gasteiger partial charge >= 0.3 is 11.9 Å². The lowest BCUT2D eigenvalue weighted by molar-refractivity contribution is -0.159. The Morgan fingerprint density at radius 3 is 2.03 bits per heavy atom. The number of carbonyl (C=O) groups is 2. The van der Waals surface area contributed by atoms with Crippen LogP contribution in [0.1, 0.15) is 10.4 Å². The van der Waals surface area contributed by atoms with Crippen molar-refractivity contribution in [1.82, 2.24) is 14.1 Å². The SMILES string of the molecule is CN(C)S(=O)(=O)c1cccc(CN2CCN(Cc3ccc(Cl)s3)CC2)c1.O=C(O)C(=O)O. The Hall–Kier alpha value is -2.02. The minimum Gasteiger partial charge on any atom is -0.473 e. The molecule has 0 atom stereocenters. The highest BCUT2D eigenvalue weighted by Gasteiger charge is 2.20. The number of hydrogen-bond acceptors (Lipinski definition) is 7. The topological polar surface area (TPSA) is 118 Å². The average molecular weight is 504 g/mol. The van der Waals surface area contributed by atoms with Gasteiger partial charge in [0, 0.05) is 58.2 Å². The monoisotopic (exact) mass is 503 g/mol. The maximum Gasteiger partial charge on any atom is 0.414 e. The van der Waals surface area contributed by atoms with E-state index in [4.69, 9.17) is 31.4 Å². The van der Waals surface area contributed by atoms with Crippen LogP contribution in [0.25, 0.3) is 0 Å². The summed E-state index contributed by atoms with van der Waals surface area (Å²) in [6.45, 7) is 5.68. The summed E-state index contributed by atoms with van der Waals surface area (Å²) >= 11 is 7.64. The zero-order valence-corrected chi connectivity index (χ0v) is 20.2. The van der Waals surface area contributed by atoms with Crippen molar-refractivity contribution in [3.05, 3.63) is 51.2 Å². The molecule has 9 nitrogen and oxygen atoms in total. The molecule has 2 N–H and O–H groups in total. The normalized spacial score (nSPS) is 15.2. The number of piperazine rings is 1. The van der Waals surface area contributed by atoms with Crippen molar-refractivity contribution in [1.29, 1.82) is 0 Å². The van der Waals surface area contributed by atoms with Gasteiger partial charge in [0.1, 0.15) is 0 Å². The molecule has 0 saturated carbocycles. The molecular formula is C20H26ClN3O6S2. The number of hydrogen-bond donors (Lipinski definition) is 2. The smallest absolute Gasteiger partial charge is 0.414 e. The van der Waals surface area contributed by atoms with E-state index in [2.05, 4.69) is 15.9 Å². The van der Waals surface area contributed by atoms with Crippen molar-refractivity contribution in [3.8, 4) is 0 Å². The van der Waals surface area contributed by atoms with Crippen molar-refractivity contribution >= 4 is 44.9 Å². The van der Waals surface area contributed by atoms with Crippen LogP contribution < -0.4 is 0 Å². The first-order valence-electron chi connectivity index (χ1n) is 9.65. The Kier molecular flexibility index (Phi) is 9.62.